The minimum Gasteiger partial charge on any atom is -0.356 e. The van der Waals surface area contributed by atoms with Gasteiger partial charge in [0.1, 0.15) is 0 Å². The van der Waals surface area contributed by atoms with Crippen LogP contribution in [0.4, 0.5) is 8.78 Å². The second kappa shape index (κ2) is 8.65. The third-order valence-electron chi connectivity index (χ3n) is 5.44. The van der Waals surface area contributed by atoms with E-state index in [0.717, 1.165) is 29.8 Å². The molecular weight excluding hydrogens is 402 g/mol. The van der Waals surface area contributed by atoms with E-state index in [1.165, 1.54) is 18.4 Å². The molecule has 2 fully saturated rings. The van der Waals surface area contributed by atoms with Gasteiger partial charge in [0.05, 0.1) is 6.54 Å². The number of hydrogen-bond donors (Lipinski definition) is 2. The number of guanidine groups is 1. The van der Waals surface area contributed by atoms with E-state index in [4.69, 9.17) is 0 Å². The lowest BCUT2D eigenvalue weighted by atomic mass is 9.96. The van der Waals surface area contributed by atoms with Crippen molar-refractivity contribution < 1.29 is 8.78 Å². The summed E-state index contributed by atoms with van der Waals surface area (Å²) in [5, 5.41) is 6.93. The fourth-order valence-electron chi connectivity index (χ4n) is 3.68. The van der Waals surface area contributed by atoms with Gasteiger partial charge in [0, 0.05) is 42.6 Å². The van der Waals surface area contributed by atoms with Crippen LogP contribution < -0.4 is 10.6 Å². The summed E-state index contributed by atoms with van der Waals surface area (Å²) in [6.45, 7) is 2.15. The van der Waals surface area contributed by atoms with Crippen molar-refractivity contribution >= 4 is 21.9 Å². The van der Waals surface area contributed by atoms with Crippen LogP contribution in [0.15, 0.2) is 33.7 Å². The molecule has 1 aromatic carbocycles. The molecule has 1 aliphatic heterocycles. The minimum absolute atomic E-state index is 0.117. The maximum absolute atomic E-state index is 12.5. The van der Waals surface area contributed by atoms with Gasteiger partial charge in [0.2, 0.25) is 0 Å². The van der Waals surface area contributed by atoms with Crippen LogP contribution in [0.5, 0.6) is 0 Å². The lowest BCUT2D eigenvalue weighted by molar-refractivity contribution is 0.0744. The van der Waals surface area contributed by atoms with Crippen molar-refractivity contribution in [2.24, 2.45) is 4.99 Å². The van der Waals surface area contributed by atoms with Crippen LogP contribution in [0.25, 0.3) is 0 Å². The van der Waals surface area contributed by atoms with Crippen molar-refractivity contribution in [2.75, 3.05) is 33.2 Å². The van der Waals surface area contributed by atoms with Crippen LogP contribution in [0, 0.1) is 0 Å². The molecule has 0 spiro atoms. The molecule has 2 aliphatic rings. The van der Waals surface area contributed by atoms with E-state index in [0.29, 0.717) is 13.1 Å². The number of rotatable bonds is 6. The highest BCUT2D eigenvalue weighted by atomic mass is 79.9. The van der Waals surface area contributed by atoms with Crippen LogP contribution in [0.2, 0.25) is 0 Å². The zero-order valence-electron chi connectivity index (χ0n) is 15.1. The molecule has 1 saturated heterocycles. The minimum atomic E-state index is -2.25. The molecule has 1 aromatic rings. The first-order valence-electron chi connectivity index (χ1n) is 9.25. The molecule has 0 radical (unpaired) electrons. The highest BCUT2D eigenvalue weighted by molar-refractivity contribution is 9.10. The van der Waals surface area contributed by atoms with E-state index in [2.05, 4.69) is 49.8 Å². The van der Waals surface area contributed by atoms with Gasteiger partial charge >= 0.3 is 0 Å². The third kappa shape index (κ3) is 4.94. The maximum Gasteiger partial charge on any atom is 0.251 e. The Morgan fingerprint density at radius 1 is 1.31 bits per heavy atom. The average molecular weight is 429 g/mol. The average Bonchev–Trinajstić information content (AvgIpc) is 3.41. The van der Waals surface area contributed by atoms with Crippen LogP contribution >= 0.6 is 15.9 Å². The molecule has 0 amide bonds. The van der Waals surface area contributed by atoms with Crippen LogP contribution in [0.1, 0.15) is 31.2 Å². The van der Waals surface area contributed by atoms with Crippen molar-refractivity contribution in [3.63, 3.8) is 0 Å². The number of nitrogens with one attached hydrogen (secondary N) is 2. The van der Waals surface area contributed by atoms with E-state index < -0.39 is 6.43 Å². The number of benzene rings is 1. The van der Waals surface area contributed by atoms with Gasteiger partial charge in [-0.15, -0.1) is 0 Å². The summed E-state index contributed by atoms with van der Waals surface area (Å²) < 4.78 is 26.1. The van der Waals surface area contributed by atoms with Gasteiger partial charge in [-0.1, -0.05) is 34.1 Å². The number of halogens is 3. The molecule has 7 heteroatoms. The van der Waals surface area contributed by atoms with Gasteiger partial charge in [0.15, 0.2) is 5.96 Å². The first-order valence-corrected chi connectivity index (χ1v) is 10.0. The Bertz CT molecular complexity index is 626. The van der Waals surface area contributed by atoms with Crippen LogP contribution in [-0.2, 0) is 5.41 Å². The summed E-state index contributed by atoms with van der Waals surface area (Å²) in [6.07, 6.45) is 1.82. The summed E-state index contributed by atoms with van der Waals surface area (Å²) in [4.78, 5) is 6.18. The number of likely N-dealkylation sites (tertiary alicyclic amines) is 1. The molecule has 2 N–H and O–H groups in total. The predicted octanol–water partition coefficient (Wildman–Crippen LogP) is 3.38. The standard InChI is InChI=1S/C19H27BrF2N4/c1-23-18(25-14-6-10-26(11-7-14)12-17(21)22)24-13-19(8-9-19)15-4-2-3-5-16(15)20/h2-5,14,17H,6-13H2,1H3,(H2,23,24,25). The van der Waals surface area contributed by atoms with E-state index in [1.54, 1.807) is 7.05 Å². The molecular formula is C19H27BrF2N4. The first kappa shape index (κ1) is 19.5. The zero-order chi connectivity index (χ0) is 18.6. The fourth-order valence-corrected chi connectivity index (χ4v) is 4.38. The predicted molar refractivity (Wildman–Crippen MR) is 105 cm³/mol. The summed E-state index contributed by atoms with van der Waals surface area (Å²) in [6, 6.07) is 8.69. The van der Waals surface area contributed by atoms with Gasteiger partial charge in [-0.3, -0.25) is 9.89 Å². The molecule has 0 unspecified atom stereocenters. The number of alkyl halides is 2. The number of aliphatic imine (C=N–C) groups is 1. The maximum atomic E-state index is 12.5. The van der Waals surface area contributed by atoms with E-state index in [9.17, 15) is 8.78 Å². The van der Waals surface area contributed by atoms with Crippen molar-refractivity contribution in [1.29, 1.82) is 0 Å². The molecule has 144 valence electrons. The molecule has 1 aliphatic carbocycles. The quantitative estimate of drug-likeness (QED) is 0.538. The molecule has 1 heterocycles. The highest BCUT2D eigenvalue weighted by Gasteiger charge is 2.45. The van der Waals surface area contributed by atoms with Crippen molar-refractivity contribution in [3.05, 3.63) is 34.3 Å². The van der Waals surface area contributed by atoms with E-state index in [-0.39, 0.29) is 18.0 Å². The normalized spacial score (nSPS) is 21.0. The van der Waals surface area contributed by atoms with Gasteiger partial charge in [0.25, 0.3) is 6.43 Å². The Morgan fingerprint density at radius 3 is 2.58 bits per heavy atom. The second-order valence-electron chi connectivity index (χ2n) is 7.30. The topological polar surface area (TPSA) is 39.7 Å². The number of hydrogen-bond acceptors (Lipinski definition) is 2. The molecule has 26 heavy (non-hydrogen) atoms. The summed E-state index contributed by atoms with van der Waals surface area (Å²) in [5.74, 6) is 0.802. The lowest BCUT2D eigenvalue weighted by Gasteiger charge is -2.33. The Hall–Kier alpha value is -1.21. The Labute approximate surface area is 162 Å². The second-order valence-corrected chi connectivity index (χ2v) is 8.15. The molecule has 0 bridgehead atoms. The third-order valence-corrected chi connectivity index (χ3v) is 6.13. The van der Waals surface area contributed by atoms with Gasteiger partial charge < -0.3 is 10.6 Å². The number of nitrogens with zero attached hydrogens (tertiary/aromatic N) is 2. The first-order chi connectivity index (χ1) is 12.5. The Morgan fingerprint density at radius 2 is 2.00 bits per heavy atom. The fraction of sp³-hybridized carbons (Fsp3) is 0.632. The Balaban J connectivity index is 1.48. The van der Waals surface area contributed by atoms with Crippen LogP contribution in [-0.4, -0.2) is 56.6 Å². The van der Waals surface area contributed by atoms with Gasteiger partial charge in [-0.25, -0.2) is 8.78 Å². The summed E-state index contributed by atoms with van der Waals surface area (Å²) >= 11 is 3.67. The smallest absolute Gasteiger partial charge is 0.251 e. The largest absolute Gasteiger partial charge is 0.356 e. The molecule has 4 nitrogen and oxygen atoms in total. The molecule has 0 aromatic heterocycles. The highest BCUT2D eigenvalue weighted by Crippen LogP contribution is 2.49. The molecule has 0 atom stereocenters. The molecule has 3 rings (SSSR count). The SMILES string of the molecule is CN=C(NCC1(c2ccccc2Br)CC1)NC1CCN(CC(F)F)CC1. The monoisotopic (exact) mass is 428 g/mol. The molecule has 1 saturated carbocycles. The lowest BCUT2D eigenvalue weighted by Crippen LogP contribution is -2.50. The summed E-state index contributed by atoms with van der Waals surface area (Å²) in [5.41, 5.74) is 1.53. The van der Waals surface area contributed by atoms with Crippen molar-refractivity contribution in [2.45, 2.75) is 43.6 Å². The van der Waals surface area contributed by atoms with Gasteiger partial charge in [-0.2, -0.15) is 0 Å². The van der Waals surface area contributed by atoms with E-state index >= 15 is 0 Å². The van der Waals surface area contributed by atoms with Crippen LogP contribution in [0.3, 0.4) is 0 Å². The zero-order valence-corrected chi connectivity index (χ0v) is 16.7. The Kier molecular flexibility index (Phi) is 6.51. The summed E-state index contributed by atoms with van der Waals surface area (Å²) in [7, 11) is 1.78. The van der Waals surface area contributed by atoms with Gasteiger partial charge in [-0.05, 0) is 37.3 Å². The van der Waals surface area contributed by atoms with E-state index in [1.807, 2.05) is 11.0 Å². The van der Waals surface area contributed by atoms with Crippen molar-refractivity contribution in [1.82, 2.24) is 15.5 Å². The number of piperidine rings is 1. The van der Waals surface area contributed by atoms with Crippen molar-refractivity contribution in [3.8, 4) is 0 Å².